The van der Waals surface area contributed by atoms with Gasteiger partial charge in [-0.3, -0.25) is 9.69 Å². The van der Waals surface area contributed by atoms with Gasteiger partial charge in [-0.25, -0.2) is 0 Å². The van der Waals surface area contributed by atoms with Crippen molar-refractivity contribution in [2.24, 2.45) is 0 Å². The molecule has 0 saturated carbocycles. The summed E-state index contributed by atoms with van der Waals surface area (Å²) in [5.74, 6) is 0.0478. The molecule has 0 aromatic heterocycles. The highest BCUT2D eigenvalue weighted by atomic mass is 16.5. The standard InChI is InChI=1S/C21H28N2O2/c1-4-23(14-19-9-5-7-17(2)11-19)15-21(24)22-13-18-8-6-10-20(12-18)16-25-3/h5-12H,4,13-16H2,1-3H3,(H,22,24). The van der Waals surface area contributed by atoms with E-state index in [2.05, 4.69) is 54.4 Å². The molecule has 2 aromatic carbocycles. The van der Waals surface area contributed by atoms with Crippen LogP contribution in [0.3, 0.4) is 0 Å². The van der Waals surface area contributed by atoms with Crippen molar-refractivity contribution < 1.29 is 9.53 Å². The SMILES string of the molecule is CCN(CC(=O)NCc1cccc(COC)c1)Cc1cccc(C)c1. The van der Waals surface area contributed by atoms with Crippen molar-refractivity contribution in [3.8, 4) is 0 Å². The van der Waals surface area contributed by atoms with Crippen molar-refractivity contribution in [3.05, 3.63) is 70.8 Å². The van der Waals surface area contributed by atoms with Gasteiger partial charge in [-0.15, -0.1) is 0 Å². The topological polar surface area (TPSA) is 41.6 Å². The minimum atomic E-state index is 0.0478. The fourth-order valence-corrected chi connectivity index (χ4v) is 2.80. The van der Waals surface area contributed by atoms with E-state index >= 15 is 0 Å². The maximum atomic E-state index is 12.3. The molecule has 2 aromatic rings. The smallest absolute Gasteiger partial charge is 0.234 e. The number of amides is 1. The molecule has 2 rings (SSSR count). The average molecular weight is 340 g/mol. The number of ether oxygens (including phenoxy) is 1. The van der Waals surface area contributed by atoms with Crippen molar-refractivity contribution in [2.75, 3.05) is 20.2 Å². The van der Waals surface area contributed by atoms with Gasteiger partial charge in [0.15, 0.2) is 0 Å². The number of rotatable bonds is 9. The van der Waals surface area contributed by atoms with Crippen molar-refractivity contribution in [1.82, 2.24) is 10.2 Å². The molecule has 1 N–H and O–H groups in total. The maximum Gasteiger partial charge on any atom is 0.234 e. The Kier molecular flexibility index (Phi) is 7.64. The number of likely N-dealkylation sites (N-methyl/N-ethyl adjacent to an activating group) is 1. The van der Waals surface area contributed by atoms with Crippen molar-refractivity contribution in [2.45, 2.75) is 33.5 Å². The largest absolute Gasteiger partial charge is 0.380 e. The highest BCUT2D eigenvalue weighted by Crippen LogP contribution is 2.08. The molecule has 0 heterocycles. The predicted molar refractivity (Wildman–Crippen MR) is 101 cm³/mol. The zero-order chi connectivity index (χ0) is 18.1. The van der Waals surface area contributed by atoms with E-state index in [1.54, 1.807) is 7.11 Å². The Morgan fingerprint density at radius 1 is 1.08 bits per heavy atom. The van der Waals surface area contributed by atoms with E-state index in [0.29, 0.717) is 19.7 Å². The first-order valence-electron chi connectivity index (χ1n) is 8.72. The Hall–Kier alpha value is -2.17. The minimum Gasteiger partial charge on any atom is -0.380 e. The molecule has 0 atom stereocenters. The number of hydrogen-bond donors (Lipinski definition) is 1. The molecule has 0 unspecified atom stereocenters. The summed E-state index contributed by atoms with van der Waals surface area (Å²) in [7, 11) is 1.68. The fraction of sp³-hybridized carbons (Fsp3) is 0.381. The van der Waals surface area contributed by atoms with Crippen molar-refractivity contribution >= 4 is 5.91 Å². The molecule has 0 aliphatic carbocycles. The number of nitrogens with one attached hydrogen (secondary N) is 1. The fourth-order valence-electron chi connectivity index (χ4n) is 2.80. The molecular formula is C21H28N2O2. The van der Waals surface area contributed by atoms with E-state index in [1.807, 2.05) is 18.2 Å². The van der Waals surface area contributed by atoms with Crippen LogP contribution in [0.2, 0.25) is 0 Å². The summed E-state index contributed by atoms with van der Waals surface area (Å²) in [5.41, 5.74) is 4.68. The summed E-state index contributed by atoms with van der Waals surface area (Å²) in [6.45, 7) is 7.32. The Labute approximate surface area is 150 Å². The molecule has 0 spiro atoms. The Morgan fingerprint density at radius 2 is 1.80 bits per heavy atom. The van der Waals surface area contributed by atoms with Crippen LogP contribution in [0.1, 0.15) is 29.2 Å². The van der Waals surface area contributed by atoms with Crippen LogP contribution in [0.4, 0.5) is 0 Å². The molecule has 0 fully saturated rings. The summed E-state index contributed by atoms with van der Waals surface area (Å²) in [6.07, 6.45) is 0. The van der Waals surface area contributed by atoms with Gasteiger partial charge in [0.25, 0.3) is 0 Å². The number of methoxy groups -OCH3 is 1. The Balaban J connectivity index is 1.84. The number of nitrogens with zero attached hydrogens (tertiary/aromatic N) is 1. The number of carbonyl (C=O) groups is 1. The lowest BCUT2D eigenvalue weighted by Gasteiger charge is -2.20. The molecule has 4 nitrogen and oxygen atoms in total. The van der Waals surface area contributed by atoms with Gasteiger partial charge >= 0.3 is 0 Å². The lowest BCUT2D eigenvalue weighted by Crippen LogP contribution is -2.36. The molecule has 0 radical (unpaired) electrons. The Morgan fingerprint density at radius 3 is 2.52 bits per heavy atom. The first kappa shape index (κ1) is 19.2. The molecule has 0 bridgehead atoms. The molecular weight excluding hydrogens is 312 g/mol. The molecule has 0 aliphatic heterocycles. The lowest BCUT2D eigenvalue weighted by molar-refractivity contribution is -0.122. The third kappa shape index (κ3) is 6.69. The summed E-state index contributed by atoms with van der Waals surface area (Å²) in [6, 6.07) is 16.5. The molecule has 25 heavy (non-hydrogen) atoms. The van der Waals surface area contributed by atoms with E-state index < -0.39 is 0 Å². The van der Waals surface area contributed by atoms with Gasteiger partial charge in [0.1, 0.15) is 0 Å². The summed E-state index contributed by atoms with van der Waals surface area (Å²) < 4.78 is 5.15. The third-order valence-electron chi connectivity index (χ3n) is 4.10. The monoisotopic (exact) mass is 340 g/mol. The van der Waals surface area contributed by atoms with Crippen LogP contribution in [0.25, 0.3) is 0 Å². The Bertz CT molecular complexity index is 685. The number of benzene rings is 2. The molecule has 134 valence electrons. The van der Waals surface area contributed by atoms with E-state index in [4.69, 9.17) is 4.74 Å². The van der Waals surface area contributed by atoms with Gasteiger partial charge < -0.3 is 10.1 Å². The van der Waals surface area contributed by atoms with Crippen LogP contribution >= 0.6 is 0 Å². The predicted octanol–water partition coefficient (Wildman–Crippen LogP) is 3.28. The van der Waals surface area contributed by atoms with Crippen LogP contribution in [-0.2, 0) is 29.2 Å². The van der Waals surface area contributed by atoms with Gasteiger partial charge in [0, 0.05) is 20.2 Å². The van der Waals surface area contributed by atoms with Crippen LogP contribution in [-0.4, -0.2) is 31.0 Å². The van der Waals surface area contributed by atoms with Gasteiger partial charge in [0.2, 0.25) is 5.91 Å². The third-order valence-corrected chi connectivity index (χ3v) is 4.10. The molecule has 1 amide bonds. The second-order valence-electron chi connectivity index (χ2n) is 6.32. The van der Waals surface area contributed by atoms with Gasteiger partial charge in [0.05, 0.1) is 13.2 Å². The van der Waals surface area contributed by atoms with Crippen molar-refractivity contribution in [3.63, 3.8) is 0 Å². The zero-order valence-electron chi connectivity index (χ0n) is 15.4. The highest BCUT2D eigenvalue weighted by Gasteiger charge is 2.10. The summed E-state index contributed by atoms with van der Waals surface area (Å²) >= 11 is 0. The summed E-state index contributed by atoms with van der Waals surface area (Å²) in [5, 5.41) is 3.01. The van der Waals surface area contributed by atoms with E-state index in [0.717, 1.165) is 24.2 Å². The normalized spacial score (nSPS) is 10.9. The quantitative estimate of drug-likeness (QED) is 0.762. The van der Waals surface area contributed by atoms with E-state index in [1.165, 1.54) is 11.1 Å². The molecule has 0 saturated heterocycles. The number of carbonyl (C=O) groups excluding carboxylic acids is 1. The zero-order valence-corrected chi connectivity index (χ0v) is 15.4. The van der Waals surface area contributed by atoms with Crippen molar-refractivity contribution in [1.29, 1.82) is 0 Å². The minimum absolute atomic E-state index is 0.0478. The van der Waals surface area contributed by atoms with Crippen LogP contribution < -0.4 is 5.32 Å². The van der Waals surface area contributed by atoms with E-state index in [9.17, 15) is 4.79 Å². The first-order chi connectivity index (χ1) is 12.1. The van der Waals surface area contributed by atoms with Crippen LogP contribution in [0, 0.1) is 6.92 Å². The van der Waals surface area contributed by atoms with Gasteiger partial charge in [-0.2, -0.15) is 0 Å². The van der Waals surface area contributed by atoms with Crippen LogP contribution in [0.5, 0.6) is 0 Å². The lowest BCUT2D eigenvalue weighted by atomic mass is 10.1. The van der Waals surface area contributed by atoms with E-state index in [-0.39, 0.29) is 5.91 Å². The second kappa shape index (κ2) is 9.97. The molecule has 4 heteroatoms. The summed E-state index contributed by atoms with van der Waals surface area (Å²) in [4.78, 5) is 14.4. The first-order valence-corrected chi connectivity index (χ1v) is 8.72. The second-order valence-corrected chi connectivity index (χ2v) is 6.32. The average Bonchev–Trinajstić information content (AvgIpc) is 2.60. The molecule has 0 aliphatic rings. The number of hydrogen-bond acceptors (Lipinski definition) is 3. The maximum absolute atomic E-state index is 12.3. The number of aryl methyl sites for hydroxylation is 1. The van der Waals surface area contributed by atoms with Crippen LogP contribution in [0.15, 0.2) is 48.5 Å². The highest BCUT2D eigenvalue weighted by molar-refractivity contribution is 5.78. The van der Waals surface area contributed by atoms with Gasteiger partial charge in [-0.05, 0) is 30.2 Å². The van der Waals surface area contributed by atoms with Gasteiger partial charge in [-0.1, -0.05) is 61.0 Å².